The van der Waals surface area contributed by atoms with Crippen LogP contribution in [0.1, 0.15) is 28.4 Å². The Hall–Kier alpha value is -1.66. The maximum absolute atomic E-state index is 12.2. The summed E-state index contributed by atoms with van der Waals surface area (Å²) < 4.78 is 30.2. The number of carbonyl (C=O) groups excluding carboxylic acids is 1. The van der Waals surface area contributed by atoms with Crippen LogP contribution >= 0.6 is 15.9 Å². The van der Waals surface area contributed by atoms with Gasteiger partial charge in [-0.05, 0) is 37.6 Å². The Morgan fingerprint density at radius 2 is 1.91 bits per heavy atom. The molecule has 2 aromatic rings. The first-order valence-corrected chi connectivity index (χ1v) is 8.92. The average molecular weight is 383 g/mol. The van der Waals surface area contributed by atoms with Crippen molar-refractivity contribution in [1.29, 1.82) is 0 Å². The lowest BCUT2D eigenvalue weighted by atomic mass is 10.1. The number of aryl methyl sites for hydroxylation is 1. The van der Waals surface area contributed by atoms with E-state index in [2.05, 4.69) is 15.9 Å². The molecule has 0 saturated carbocycles. The highest BCUT2D eigenvalue weighted by Crippen LogP contribution is 2.26. The average Bonchev–Trinajstić information content (AvgIpc) is 2.39. The fraction of sp³-hybridized carbons (Fsp3) is 0.188. The molecule has 0 spiro atoms. The minimum atomic E-state index is -3.84. The van der Waals surface area contributed by atoms with Crippen molar-refractivity contribution in [3.63, 3.8) is 0 Å². The van der Waals surface area contributed by atoms with Crippen LogP contribution in [0, 0.1) is 6.92 Å². The van der Waals surface area contributed by atoms with Crippen LogP contribution in [0.2, 0.25) is 0 Å². The van der Waals surface area contributed by atoms with Gasteiger partial charge in [0, 0.05) is 4.47 Å². The van der Waals surface area contributed by atoms with Crippen molar-refractivity contribution in [2.24, 2.45) is 0 Å². The van der Waals surface area contributed by atoms with Crippen molar-refractivity contribution in [1.82, 2.24) is 0 Å². The van der Waals surface area contributed by atoms with E-state index in [1.54, 1.807) is 30.3 Å². The topological polar surface area (TPSA) is 60.4 Å². The number of Topliss-reactive ketones (excluding diaryl/α,β-unsaturated/α-hetero) is 1. The normalized spacial score (nSPS) is 11.2. The Balaban J connectivity index is 2.28. The molecule has 0 fully saturated rings. The highest BCUT2D eigenvalue weighted by molar-refractivity contribution is 9.10. The van der Waals surface area contributed by atoms with E-state index in [4.69, 9.17) is 4.18 Å². The molecule has 0 amide bonds. The van der Waals surface area contributed by atoms with Crippen LogP contribution in [0.25, 0.3) is 0 Å². The van der Waals surface area contributed by atoms with Gasteiger partial charge in [0.25, 0.3) is 0 Å². The number of benzene rings is 2. The summed E-state index contributed by atoms with van der Waals surface area (Å²) in [7, 11) is -3.84. The van der Waals surface area contributed by atoms with Gasteiger partial charge in [0.2, 0.25) is 0 Å². The first kappa shape index (κ1) is 16.7. The van der Waals surface area contributed by atoms with Gasteiger partial charge in [0.15, 0.2) is 11.5 Å². The lowest BCUT2D eigenvalue weighted by molar-refractivity contribution is 0.101. The van der Waals surface area contributed by atoms with Crippen molar-refractivity contribution < 1.29 is 17.4 Å². The molecule has 2 rings (SSSR count). The highest BCUT2D eigenvalue weighted by atomic mass is 79.9. The largest absolute Gasteiger partial charge is 0.381 e. The predicted octanol–water partition coefficient (Wildman–Crippen LogP) is 3.87. The lowest BCUT2D eigenvalue weighted by Gasteiger charge is -2.10. The van der Waals surface area contributed by atoms with Gasteiger partial charge < -0.3 is 4.18 Å². The fourth-order valence-electron chi connectivity index (χ4n) is 2.02. The monoisotopic (exact) mass is 382 g/mol. The van der Waals surface area contributed by atoms with E-state index in [0.29, 0.717) is 10.0 Å². The van der Waals surface area contributed by atoms with E-state index in [0.717, 1.165) is 5.56 Å². The second-order valence-electron chi connectivity index (χ2n) is 4.97. The minimum absolute atomic E-state index is 0.0448. The lowest BCUT2D eigenvalue weighted by Crippen LogP contribution is -2.14. The zero-order valence-electron chi connectivity index (χ0n) is 12.2. The molecule has 0 saturated heterocycles. The molecule has 0 aliphatic heterocycles. The number of carbonyl (C=O) groups is 1. The highest BCUT2D eigenvalue weighted by Gasteiger charge is 2.18. The molecule has 22 heavy (non-hydrogen) atoms. The van der Waals surface area contributed by atoms with Gasteiger partial charge in [0.1, 0.15) is 5.75 Å². The van der Waals surface area contributed by atoms with Crippen LogP contribution in [-0.4, -0.2) is 14.2 Å². The zero-order chi connectivity index (χ0) is 16.3. The number of ketones is 1. The third-order valence-corrected chi connectivity index (χ3v) is 4.58. The number of hydrogen-bond acceptors (Lipinski definition) is 4. The van der Waals surface area contributed by atoms with E-state index >= 15 is 0 Å². The van der Waals surface area contributed by atoms with Gasteiger partial charge in [-0.2, -0.15) is 8.42 Å². The third kappa shape index (κ3) is 4.42. The quantitative estimate of drug-likeness (QED) is 0.581. The van der Waals surface area contributed by atoms with Crippen LogP contribution in [0.5, 0.6) is 5.75 Å². The van der Waals surface area contributed by atoms with E-state index in [1.165, 1.54) is 13.0 Å². The number of hydrogen-bond donors (Lipinski definition) is 0. The molecule has 0 aliphatic carbocycles. The maximum atomic E-state index is 12.2. The summed E-state index contributed by atoms with van der Waals surface area (Å²) in [4.78, 5) is 11.6. The van der Waals surface area contributed by atoms with Gasteiger partial charge in [-0.1, -0.05) is 45.8 Å². The molecule has 0 aromatic heterocycles. The molecule has 0 N–H and O–H groups in total. The van der Waals surface area contributed by atoms with Gasteiger partial charge in [0.05, 0.1) is 5.56 Å². The molecule has 116 valence electrons. The van der Waals surface area contributed by atoms with Crippen molar-refractivity contribution in [2.75, 3.05) is 0 Å². The first-order valence-electron chi connectivity index (χ1n) is 6.55. The SMILES string of the molecule is CC(=O)c1cc(Br)ccc1OS(=O)(=O)Cc1cccc(C)c1. The standard InChI is InChI=1S/C16H15BrO4S/c1-11-4-3-5-13(8-11)10-22(19,20)21-16-7-6-14(17)9-15(16)12(2)18/h3-9H,10H2,1-2H3. The molecule has 0 bridgehead atoms. The Morgan fingerprint density at radius 1 is 1.18 bits per heavy atom. The molecule has 0 unspecified atom stereocenters. The summed E-state index contributed by atoms with van der Waals surface area (Å²) in [5.41, 5.74) is 1.84. The molecule has 2 aromatic carbocycles. The van der Waals surface area contributed by atoms with E-state index < -0.39 is 10.1 Å². The molecule has 0 heterocycles. The molecule has 0 atom stereocenters. The van der Waals surface area contributed by atoms with Crippen molar-refractivity contribution in [2.45, 2.75) is 19.6 Å². The van der Waals surface area contributed by atoms with Crippen LogP contribution in [0.4, 0.5) is 0 Å². The Kier molecular flexibility index (Phi) is 5.03. The second-order valence-corrected chi connectivity index (χ2v) is 7.46. The summed E-state index contributed by atoms with van der Waals surface area (Å²) in [6.45, 7) is 3.25. The summed E-state index contributed by atoms with van der Waals surface area (Å²) in [5.74, 6) is -0.465. The molecular weight excluding hydrogens is 368 g/mol. The van der Waals surface area contributed by atoms with Crippen molar-refractivity contribution >= 4 is 31.8 Å². The summed E-state index contributed by atoms with van der Waals surface area (Å²) in [6, 6.07) is 11.8. The maximum Gasteiger partial charge on any atom is 0.313 e. The van der Waals surface area contributed by atoms with Crippen molar-refractivity contribution in [3.8, 4) is 5.75 Å². The minimum Gasteiger partial charge on any atom is -0.381 e. The second kappa shape index (κ2) is 6.62. The van der Waals surface area contributed by atoms with Crippen LogP contribution in [0.3, 0.4) is 0 Å². The van der Waals surface area contributed by atoms with E-state index in [9.17, 15) is 13.2 Å². The fourth-order valence-corrected chi connectivity index (χ4v) is 3.45. The summed E-state index contributed by atoms with van der Waals surface area (Å²) in [6.07, 6.45) is 0. The third-order valence-electron chi connectivity index (χ3n) is 2.96. The van der Waals surface area contributed by atoms with Crippen LogP contribution in [-0.2, 0) is 15.9 Å². The van der Waals surface area contributed by atoms with Gasteiger partial charge in [-0.15, -0.1) is 0 Å². The molecule has 0 radical (unpaired) electrons. The van der Waals surface area contributed by atoms with Crippen LogP contribution in [0.15, 0.2) is 46.9 Å². The number of rotatable bonds is 5. The van der Waals surface area contributed by atoms with Gasteiger partial charge >= 0.3 is 10.1 Å². The van der Waals surface area contributed by atoms with Crippen molar-refractivity contribution in [3.05, 3.63) is 63.6 Å². The van der Waals surface area contributed by atoms with E-state index in [-0.39, 0.29) is 22.8 Å². The molecule has 6 heteroatoms. The van der Waals surface area contributed by atoms with Crippen LogP contribution < -0.4 is 4.18 Å². The summed E-state index contributed by atoms with van der Waals surface area (Å²) in [5, 5.41) is 0. The van der Waals surface area contributed by atoms with Gasteiger partial charge in [-0.25, -0.2) is 0 Å². The molecule has 4 nitrogen and oxygen atoms in total. The number of halogens is 1. The van der Waals surface area contributed by atoms with E-state index in [1.807, 2.05) is 13.0 Å². The Bertz CT molecular complexity index is 813. The smallest absolute Gasteiger partial charge is 0.313 e. The molecule has 0 aliphatic rings. The Morgan fingerprint density at radius 3 is 2.55 bits per heavy atom. The predicted molar refractivity (Wildman–Crippen MR) is 88.6 cm³/mol. The van der Waals surface area contributed by atoms with Gasteiger partial charge in [-0.3, -0.25) is 4.79 Å². The molecular formula is C16H15BrO4S. The Labute approximate surface area is 138 Å². The summed E-state index contributed by atoms with van der Waals surface area (Å²) >= 11 is 3.25. The first-order chi connectivity index (χ1) is 10.3. The zero-order valence-corrected chi connectivity index (χ0v) is 14.6.